The van der Waals surface area contributed by atoms with E-state index in [2.05, 4.69) is 9.97 Å². The van der Waals surface area contributed by atoms with Crippen LogP contribution in [0.15, 0.2) is 30.5 Å². The Morgan fingerprint density at radius 1 is 1.12 bits per heavy atom. The molecule has 174 valence electrons. The summed E-state index contributed by atoms with van der Waals surface area (Å²) in [5.74, 6) is -0.266. The van der Waals surface area contributed by atoms with Gasteiger partial charge in [0, 0.05) is 51.2 Å². The van der Waals surface area contributed by atoms with E-state index in [1.54, 1.807) is 23.1 Å². The molecule has 1 fully saturated rings. The van der Waals surface area contributed by atoms with E-state index < -0.39 is 5.82 Å². The van der Waals surface area contributed by atoms with Crippen molar-refractivity contribution in [2.45, 2.75) is 13.8 Å². The van der Waals surface area contributed by atoms with Crippen LogP contribution < -0.4 is 4.90 Å². The van der Waals surface area contributed by atoms with Crippen LogP contribution in [0.1, 0.15) is 24.2 Å². The number of anilines is 1. The predicted molar refractivity (Wildman–Crippen MR) is 119 cm³/mol. The second-order valence-corrected chi connectivity index (χ2v) is 7.20. The summed E-state index contributed by atoms with van der Waals surface area (Å²) in [7, 11) is 0. The molecule has 32 heavy (non-hydrogen) atoms. The highest BCUT2D eigenvalue weighted by atomic mass is 19.1. The highest BCUT2D eigenvalue weighted by Gasteiger charge is 2.25. The largest absolute Gasteiger partial charge is 0.380 e. The minimum Gasteiger partial charge on any atom is -0.380 e. The molecule has 2 heterocycles. The molecule has 1 saturated heterocycles. The lowest BCUT2D eigenvalue weighted by Crippen LogP contribution is -2.39. The quantitative estimate of drug-likeness (QED) is 0.491. The lowest BCUT2D eigenvalue weighted by Gasteiger charge is -2.28. The number of nitrogens with zero attached hydrogens (tertiary/aromatic N) is 4. The maximum Gasteiger partial charge on any atom is 0.257 e. The molecule has 0 unspecified atom stereocenters. The lowest BCUT2D eigenvalue weighted by atomic mass is 10.1. The van der Waals surface area contributed by atoms with Crippen LogP contribution in [0, 0.1) is 5.82 Å². The predicted octanol–water partition coefficient (Wildman–Crippen LogP) is 2.63. The van der Waals surface area contributed by atoms with Gasteiger partial charge in [-0.1, -0.05) is 12.1 Å². The molecule has 0 atom stereocenters. The molecule has 0 radical (unpaired) electrons. The van der Waals surface area contributed by atoms with E-state index in [0.717, 1.165) is 0 Å². The molecule has 1 aromatic carbocycles. The van der Waals surface area contributed by atoms with E-state index in [1.165, 1.54) is 12.3 Å². The van der Waals surface area contributed by atoms with Crippen molar-refractivity contribution in [1.29, 1.82) is 0 Å². The maximum absolute atomic E-state index is 14.7. The number of hydrogen-bond acceptors (Lipinski definition) is 7. The first kappa shape index (κ1) is 24.0. The van der Waals surface area contributed by atoms with Crippen LogP contribution in [-0.2, 0) is 14.2 Å². The third-order valence-electron chi connectivity index (χ3n) is 5.14. The molecule has 0 bridgehead atoms. The fourth-order valence-corrected chi connectivity index (χ4v) is 3.43. The van der Waals surface area contributed by atoms with E-state index in [1.807, 2.05) is 18.7 Å². The van der Waals surface area contributed by atoms with Gasteiger partial charge in [0.05, 0.1) is 37.7 Å². The number of halogens is 1. The molecule has 1 aliphatic heterocycles. The number of carbonyl (C=O) groups excluding carboxylic acids is 1. The monoisotopic (exact) mass is 446 g/mol. The van der Waals surface area contributed by atoms with E-state index in [-0.39, 0.29) is 22.7 Å². The highest BCUT2D eigenvalue weighted by molar-refractivity contribution is 6.00. The van der Waals surface area contributed by atoms with Gasteiger partial charge in [-0.05, 0) is 26.0 Å². The summed E-state index contributed by atoms with van der Waals surface area (Å²) in [6.07, 6.45) is 1.50. The van der Waals surface area contributed by atoms with Crippen LogP contribution >= 0.6 is 0 Å². The lowest BCUT2D eigenvalue weighted by molar-refractivity contribution is 0.0550. The van der Waals surface area contributed by atoms with Gasteiger partial charge in [-0.3, -0.25) is 4.79 Å². The zero-order valence-electron chi connectivity index (χ0n) is 18.8. The van der Waals surface area contributed by atoms with E-state index >= 15 is 0 Å². The number of amides is 1. The van der Waals surface area contributed by atoms with Crippen molar-refractivity contribution in [2.75, 3.05) is 70.7 Å². The van der Waals surface area contributed by atoms with Crippen LogP contribution in [0.3, 0.4) is 0 Å². The second kappa shape index (κ2) is 12.4. The van der Waals surface area contributed by atoms with Crippen LogP contribution in [0.25, 0.3) is 11.3 Å². The Kier molecular flexibility index (Phi) is 9.33. The number of benzene rings is 1. The van der Waals surface area contributed by atoms with Crippen molar-refractivity contribution in [3.63, 3.8) is 0 Å². The molecule has 3 rings (SSSR count). The summed E-state index contributed by atoms with van der Waals surface area (Å²) in [5, 5.41) is 0. The fraction of sp³-hybridized carbons (Fsp3) is 0.522. The number of rotatable bonds is 11. The topological polar surface area (TPSA) is 77.0 Å². The van der Waals surface area contributed by atoms with Crippen molar-refractivity contribution in [2.24, 2.45) is 0 Å². The molecule has 0 saturated carbocycles. The summed E-state index contributed by atoms with van der Waals surface area (Å²) in [5.41, 5.74) is 0.796. The Hall–Kier alpha value is -2.62. The molecular weight excluding hydrogens is 415 g/mol. The van der Waals surface area contributed by atoms with Gasteiger partial charge in [-0.2, -0.15) is 0 Å². The molecule has 0 N–H and O–H groups in total. The standard InChI is InChI=1S/C23H31FN4O4/c1-3-30-13-9-27(10-14-31-4-2)22(29)19-17-25-23(28-11-15-32-16-12-28)26-21(19)18-7-5-6-8-20(18)24/h5-8,17H,3-4,9-16H2,1-2H3. The van der Waals surface area contributed by atoms with E-state index in [4.69, 9.17) is 14.2 Å². The normalized spacial score (nSPS) is 13.9. The van der Waals surface area contributed by atoms with Crippen molar-refractivity contribution in [3.8, 4) is 11.3 Å². The molecule has 1 aliphatic rings. The SMILES string of the molecule is CCOCCN(CCOCC)C(=O)c1cnc(N2CCOCC2)nc1-c1ccccc1F. The van der Waals surface area contributed by atoms with Crippen LogP contribution in [-0.4, -0.2) is 86.6 Å². The third-order valence-corrected chi connectivity index (χ3v) is 5.14. The van der Waals surface area contributed by atoms with Gasteiger partial charge in [0.1, 0.15) is 5.82 Å². The molecule has 1 amide bonds. The summed E-state index contributed by atoms with van der Waals surface area (Å²) < 4.78 is 31.0. The van der Waals surface area contributed by atoms with Gasteiger partial charge < -0.3 is 24.0 Å². The van der Waals surface area contributed by atoms with Gasteiger partial charge in [0.2, 0.25) is 5.95 Å². The summed E-state index contributed by atoms with van der Waals surface area (Å²) in [4.78, 5) is 26.2. The van der Waals surface area contributed by atoms with Crippen LogP contribution in [0.4, 0.5) is 10.3 Å². The molecule has 9 heteroatoms. The zero-order chi connectivity index (χ0) is 22.8. The van der Waals surface area contributed by atoms with Gasteiger partial charge in [-0.25, -0.2) is 14.4 Å². The number of aromatic nitrogens is 2. The number of hydrogen-bond donors (Lipinski definition) is 0. The van der Waals surface area contributed by atoms with Gasteiger partial charge >= 0.3 is 0 Å². The second-order valence-electron chi connectivity index (χ2n) is 7.20. The molecule has 0 aliphatic carbocycles. The van der Waals surface area contributed by atoms with Gasteiger partial charge in [0.15, 0.2) is 0 Å². The van der Waals surface area contributed by atoms with Crippen LogP contribution in [0.2, 0.25) is 0 Å². The Balaban J connectivity index is 1.96. The van der Waals surface area contributed by atoms with Crippen molar-refractivity contribution in [3.05, 3.63) is 41.8 Å². The smallest absolute Gasteiger partial charge is 0.257 e. The average molecular weight is 447 g/mol. The summed E-state index contributed by atoms with van der Waals surface area (Å²) >= 11 is 0. The minimum atomic E-state index is -0.441. The molecule has 0 spiro atoms. The number of carbonyl (C=O) groups is 1. The highest BCUT2D eigenvalue weighted by Crippen LogP contribution is 2.27. The molecule has 2 aromatic rings. The van der Waals surface area contributed by atoms with Crippen molar-refractivity contribution < 1.29 is 23.4 Å². The molecular formula is C23H31FN4O4. The first-order valence-electron chi connectivity index (χ1n) is 11.0. The van der Waals surface area contributed by atoms with E-state index in [0.29, 0.717) is 71.8 Å². The maximum atomic E-state index is 14.7. The Morgan fingerprint density at radius 2 is 1.78 bits per heavy atom. The first-order chi connectivity index (χ1) is 15.7. The van der Waals surface area contributed by atoms with Crippen molar-refractivity contribution in [1.82, 2.24) is 14.9 Å². The summed E-state index contributed by atoms with van der Waals surface area (Å²) in [6, 6.07) is 6.33. The average Bonchev–Trinajstić information content (AvgIpc) is 2.83. The van der Waals surface area contributed by atoms with Gasteiger partial charge in [-0.15, -0.1) is 0 Å². The van der Waals surface area contributed by atoms with Gasteiger partial charge in [0.25, 0.3) is 5.91 Å². The van der Waals surface area contributed by atoms with Crippen LogP contribution in [0.5, 0.6) is 0 Å². The third kappa shape index (κ3) is 6.21. The Morgan fingerprint density at radius 3 is 2.41 bits per heavy atom. The Bertz CT molecular complexity index is 867. The zero-order valence-corrected chi connectivity index (χ0v) is 18.8. The minimum absolute atomic E-state index is 0.250. The number of morpholine rings is 1. The summed E-state index contributed by atoms with van der Waals surface area (Å²) in [6.45, 7) is 8.93. The molecule has 8 nitrogen and oxygen atoms in total. The first-order valence-corrected chi connectivity index (χ1v) is 11.0. The van der Waals surface area contributed by atoms with E-state index in [9.17, 15) is 9.18 Å². The van der Waals surface area contributed by atoms with Crippen molar-refractivity contribution >= 4 is 11.9 Å². The number of ether oxygens (including phenoxy) is 3. The fourth-order valence-electron chi connectivity index (χ4n) is 3.43. The Labute approximate surface area is 188 Å². The molecule has 1 aromatic heterocycles.